The highest BCUT2D eigenvalue weighted by molar-refractivity contribution is 5.11. The molecule has 60 valence electrons. The van der Waals surface area contributed by atoms with Gasteiger partial charge in [-0.05, 0) is 37.7 Å². The van der Waals surface area contributed by atoms with E-state index in [1.165, 1.54) is 6.42 Å². The van der Waals surface area contributed by atoms with Crippen molar-refractivity contribution in [3.05, 3.63) is 24.0 Å². The van der Waals surface area contributed by atoms with E-state index in [-0.39, 0.29) is 0 Å². The molecule has 1 N–H and O–H groups in total. The quantitative estimate of drug-likeness (QED) is 0.526. The summed E-state index contributed by atoms with van der Waals surface area (Å²) < 4.78 is 0. The maximum absolute atomic E-state index is 9.53. The molecule has 0 bridgehead atoms. The van der Waals surface area contributed by atoms with E-state index in [2.05, 4.69) is 12.2 Å². The lowest BCUT2D eigenvalue weighted by Crippen LogP contribution is -2.20. The molecule has 0 aliphatic heterocycles. The van der Waals surface area contributed by atoms with Gasteiger partial charge in [0.15, 0.2) is 0 Å². The van der Waals surface area contributed by atoms with Gasteiger partial charge in [-0.2, -0.15) is 0 Å². The van der Waals surface area contributed by atoms with Crippen molar-refractivity contribution in [3.63, 3.8) is 0 Å². The normalized spacial score (nSPS) is 36.2. The van der Waals surface area contributed by atoms with Gasteiger partial charge in [-0.1, -0.05) is 12.2 Å². The van der Waals surface area contributed by atoms with Crippen LogP contribution < -0.4 is 0 Å². The molecule has 1 nitrogen and oxygen atoms in total. The van der Waals surface area contributed by atoms with Crippen molar-refractivity contribution >= 4 is 0 Å². The van der Waals surface area contributed by atoms with E-state index in [0.717, 1.165) is 19.3 Å². The van der Waals surface area contributed by atoms with Crippen molar-refractivity contribution in [2.24, 2.45) is 11.8 Å². The first kappa shape index (κ1) is 6.96. The van der Waals surface area contributed by atoms with Gasteiger partial charge in [-0.25, -0.2) is 0 Å². The number of allylic oxidation sites excluding steroid dienone is 4. The average molecular weight is 150 g/mol. The monoisotopic (exact) mass is 150 g/mol. The highest BCUT2D eigenvalue weighted by atomic mass is 16.3. The molecule has 0 aromatic rings. The van der Waals surface area contributed by atoms with Gasteiger partial charge >= 0.3 is 0 Å². The largest absolute Gasteiger partial charge is 0.512 e. The summed E-state index contributed by atoms with van der Waals surface area (Å²) in [6, 6.07) is 0. The van der Waals surface area contributed by atoms with Crippen LogP contribution in [-0.2, 0) is 0 Å². The van der Waals surface area contributed by atoms with Crippen LogP contribution in [0.25, 0.3) is 0 Å². The summed E-state index contributed by atoms with van der Waals surface area (Å²) in [6.45, 7) is 0. The number of rotatable bonds is 0. The smallest absolute Gasteiger partial charge is 0.0919 e. The summed E-state index contributed by atoms with van der Waals surface area (Å²) in [5.74, 6) is 1.73. The molecule has 11 heavy (non-hydrogen) atoms. The standard InChI is InChI=1S/C10H14O/c11-10-7-3-5-8-4-1-2-6-9(8)10/h1,4,7-9,11H,2-3,5-6H2. The molecule has 0 amide bonds. The molecule has 0 aromatic carbocycles. The van der Waals surface area contributed by atoms with Crippen LogP contribution in [0.1, 0.15) is 25.7 Å². The van der Waals surface area contributed by atoms with Gasteiger partial charge < -0.3 is 5.11 Å². The van der Waals surface area contributed by atoms with Crippen LogP contribution in [-0.4, -0.2) is 5.11 Å². The molecule has 2 aliphatic rings. The lowest BCUT2D eigenvalue weighted by atomic mass is 9.77. The summed E-state index contributed by atoms with van der Waals surface area (Å²) >= 11 is 0. The number of hydrogen-bond acceptors (Lipinski definition) is 1. The van der Waals surface area contributed by atoms with E-state index in [0.29, 0.717) is 17.6 Å². The summed E-state index contributed by atoms with van der Waals surface area (Å²) in [6.07, 6.45) is 11.1. The minimum atomic E-state index is 0.453. The Morgan fingerprint density at radius 2 is 2.18 bits per heavy atom. The Bertz CT molecular complexity index is 203. The van der Waals surface area contributed by atoms with Gasteiger partial charge in [0.25, 0.3) is 0 Å². The topological polar surface area (TPSA) is 20.2 Å². The number of hydrogen-bond donors (Lipinski definition) is 1. The molecule has 0 saturated carbocycles. The van der Waals surface area contributed by atoms with Gasteiger partial charge in [0.2, 0.25) is 0 Å². The van der Waals surface area contributed by atoms with E-state index in [1.54, 1.807) is 0 Å². The van der Waals surface area contributed by atoms with Crippen molar-refractivity contribution in [1.82, 2.24) is 0 Å². The average Bonchev–Trinajstić information content (AvgIpc) is 2.06. The van der Waals surface area contributed by atoms with E-state index in [1.807, 2.05) is 6.08 Å². The van der Waals surface area contributed by atoms with Gasteiger partial charge in [0, 0.05) is 5.92 Å². The summed E-state index contributed by atoms with van der Waals surface area (Å²) in [5, 5.41) is 9.53. The van der Waals surface area contributed by atoms with Crippen molar-refractivity contribution < 1.29 is 5.11 Å². The highest BCUT2D eigenvalue weighted by Gasteiger charge is 2.26. The first-order chi connectivity index (χ1) is 5.38. The molecule has 2 aliphatic carbocycles. The fourth-order valence-electron chi connectivity index (χ4n) is 2.13. The van der Waals surface area contributed by atoms with Crippen LogP contribution in [0.2, 0.25) is 0 Å². The zero-order chi connectivity index (χ0) is 7.68. The van der Waals surface area contributed by atoms with E-state index in [4.69, 9.17) is 0 Å². The van der Waals surface area contributed by atoms with Crippen LogP contribution in [0.15, 0.2) is 24.0 Å². The zero-order valence-corrected chi connectivity index (χ0v) is 6.66. The van der Waals surface area contributed by atoms with Crippen molar-refractivity contribution in [2.75, 3.05) is 0 Å². The molecule has 2 rings (SSSR count). The molecular formula is C10H14O. The summed E-state index contributed by atoms with van der Waals surface area (Å²) in [4.78, 5) is 0. The fraction of sp³-hybridized carbons (Fsp3) is 0.600. The predicted molar refractivity (Wildman–Crippen MR) is 45.3 cm³/mol. The van der Waals surface area contributed by atoms with Gasteiger partial charge in [0.05, 0.1) is 5.76 Å². The molecular weight excluding hydrogens is 136 g/mol. The first-order valence-corrected chi connectivity index (χ1v) is 4.43. The lowest BCUT2D eigenvalue weighted by molar-refractivity contribution is 0.244. The fourth-order valence-corrected chi connectivity index (χ4v) is 2.13. The highest BCUT2D eigenvalue weighted by Crippen LogP contribution is 2.36. The zero-order valence-electron chi connectivity index (χ0n) is 6.66. The van der Waals surface area contributed by atoms with Crippen LogP contribution in [0.5, 0.6) is 0 Å². The third kappa shape index (κ3) is 1.20. The van der Waals surface area contributed by atoms with Crippen LogP contribution in [0.4, 0.5) is 0 Å². The van der Waals surface area contributed by atoms with Crippen molar-refractivity contribution in [3.8, 4) is 0 Å². The number of fused-ring (bicyclic) bond motifs is 1. The third-order valence-corrected chi connectivity index (χ3v) is 2.78. The molecule has 0 saturated heterocycles. The van der Waals surface area contributed by atoms with Crippen molar-refractivity contribution in [2.45, 2.75) is 25.7 Å². The SMILES string of the molecule is OC1=CCCC2C=CCCC12. The Hall–Kier alpha value is -0.720. The number of aliphatic hydroxyl groups is 1. The Morgan fingerprint density at radius 1 is 1.27 bits per heavy atom. The van der Waals surface area contributed by atoms with Gasteiger partial charge in [0.1, 0.15) is 0 Å². The Morgan fingerprint density at radius 3 is 3.00 bits per heavy atom. The van der Waals surface area contributed by atoms with Crippen molar-refractivity contribution in [1.29, 1.82) is 0 Å². The summed E-state index contributed by atoms with van der Waals surface area (Å²) in [7, 11) is 0. The van der Waals surface area contributed by atoms with Crippen LogP contribution in [0, 0.1) is 11.8 Å². The van der Waals surface area contributed by atoms with Crippen LogP contribution >= 0.6 is 0 Å². The first-order valence-electron chi connectivity index (χ1n) is 4.43. The molecule has 0 radical (unpaired) electrons. The minimum Gasteiger partial charge on any atom is -0.512 e. The Balaban J connectivity index is 2.20. The third-order valence-electron chi connectivity index (χ3n) is 2.78. The molecule has 0 fully saturated rings. The second-order valence-electron chi connectivity index (χ2n) is 3.48. The lowest BCUT2D eigenvalue weighted by Gasteiger charge is -2.30. The predicted octanol–water partition coefficient (Wildman–Crippen LogP) is 2.80. The maximum Gasteiger partial charge on any atom is 0.0919 e. The maximum atomic E-state index is 9.53. The molecule has 2 atom stereocenters. The van der Waals surface area contributed by atoms with Gasteiger partial charge in [-0.15, -0.1) is 0 Å². The van der Waals surface area contributed by atoms with E-state index < -0.39 is 0 Å². The van der Waals surface area contributed by atoms with E-state index in [9.17, 15) is 5.11 Å². The van der Waals surface area contributed by atoms with Crippen LogP contribution in [0.3, 0.4) is 0 Å². The minimum absolute atomic E-state index is 0.453. The molecule has 0 spiro atoms. The Kier molecular flexibility index (Phi) is 1.72. The second-order valence-corrected chi connectivity index (χ2v) is 3.48. The Labute approximate surface area is 67.4 Å². The van der Waals surface area contributed by atoms with Gasteiger partial charge in [-0.3, -0.25) is 0 Å². The molecule has 1 heteroatoms. The second kappa shape index (κ2) is 2.72. The molecule has 0 heterocycles. The molecule has 0 aromatic heterocycles. The van der Waals surface area contributed by atoms with E-state index >= 15 is 0 Å². The summed E-state index contributed by atoms with van der Waals surface area (Å²) in [5.41, 5.74) is 0. The number of aliphatic hydroxyl groups excluding tert-OH is 1. The molecule has 2 unspecified atom stereocenters.